The van der Waals surface area contributed by atoms with E-state index in [9.17, 15) is 14.0 Å². The number of rotatable bonds is 3. The molecule has 0 saturated heterocycles. The molecule has 0 unspecified atom stereocenters. The Morgan fingerprint density at radius 3 is 2.60 bits per heavy atom. The summed E-state index contributed by atoms with van der Waals surface area (Å²) in [7, 11) is 0. The number of aldehydes is 1. The highest BCUT2D eigenvalue weighted by atomic mass is 19.1. The molecular weight excluding hydrogens is 199 g/mol. The van der Waals surface area contributed by atoms with E-state index in [1.807, 2.05) is 0 Å². The van der Waals surface area contributed by atoms with Gasteiger partial charge in [-0.2, -0.15) is 0 Å². The molecule has 0 bridgehead atoms. The lowest BCUT2D eigenvalue weighted by molar-refractivity contribution is -0.131. The molecule has 78 valence electrons. The Bertz CT molecular complexity index is 436. The molecule has 0 heterocycles. The molecule has 1 rings (SSSR count). The maximum absolute atomic E-state index is 13.1. The number of benzene rings is 1. The molecule has 0 spiro atoms. The van der Waals surface area contributed by atoms with Gasteiger partial charge >= 0.3 is 5.97 Å². The summed E-state index contributed by atoms with van der Waals surface area (Å²) in [5, 5.41) is 8.43. The Kier molecular flexibility index (Phi) is 3.33. The standard InChI is InChI=1S/C11H9FO3/c1-7-2-4-10(12)9(6-13)8(7)3-5-11(14)15/h2-6H,1H3,(H,14,15). The molecule has 15 heavy (non-hydrogen) atoms. The fraction of sp³-hybridized carbons (Fsp3) is 0.0909. The van der Waals surface area contributed by atoms with Crippen molar-refractivity contribution in [3.05, 3.63) is 40.7 Å². The van der Waals surface area contributed by atoms with Gasteiger partial charge in [0.25, 0.3) is 0 Å². The van der Waals surface area contributed by atoms with E-state index in [2.05, 4.69) is 0 Å². The third-order valence-electron chi connectivity index (χ3n) is 1.96. The number of carboxylic acid groups (broad SMARTS) is 1. The van der Waals surface area contributed by atoms with Crippen LogP contribution in [0.1, 0.15) is 21.5 Å². The Balaban J connectivity index is 3.31. The Morgan fingerprint density at radius 1 is 1.40 bits per heavy atom. The molecule has 1 aromatic carbocycles. The SMILES string of the molecule is Cc1ccc(F)c(C=O)c1C=CC(=O)O. The van der Waals surface area contributed by atoms with E-state index in [4.69, 9.17) is 5.11 Å². The fourth-order valence-corrected chi connectivity index (χ4v) is 1.21. The summed E-state index contributed by atoms with van der Waals surface area (Å²) in [6.07, 6.45) is 2.46. The highest BCUT2D eigenvalue weighted by molar-refractivity contribution is 5.89. The summed E-state index contributed by atoms with van der Waals surface area (Å²) in [5.41, 5.74) is 0.830. The first-order valence-electron chi connectivity index (χ1n) is 4.21. The summed E-state index contributed by atoms with van der Waals surface area (Å²) in [4.78, 5) is 20.9. The van der Waals surface area contributed by atoms with Gasteiger partial charge in [0.2, 0.25) is 0 Å². The fourth-order valence-electron chi connectivity index (χ4n) is 1.21. The van der Waals surface area contributed by atoms with Crippen LogP contribution < -0.4 is 0 Å². The summed E-state index contributed by atoms with van der Waals surface area (Å²) >= 11 is 0. The minimum atomic E-state index is -1.14. The minimum absolute atomic E-state index is 0.118. The zero-order chi connectivity index (χ0) is 11.4. The molecular formula is C11H9FO3. The maximum Gasteiger partial charge on any atom is 0.328 e. The lowest BCUT2D eigenvalue weighted by Crippen LogP contribution is -1.96. The second-order valence-corrected chi connectivity index (χ2v) is 2.98. The van der Waals surface area contributed by atoms with Gasteiger partial charge in [-0.1, -0.05) is 6.07 Å². The van der Waals surface area contributed by atoms with Crippen LogP contribution in [0, 0.1) is 12.7 Å². The van der Waals surface area contributed by atoms with Crippen molar-refractivity contribution in [3.63, 3.8) is 0 Å². The van der Waals surface area contributed by atoms with Gasteiger partial charge in [0.05, 0.1) is 5.56 Å². The number of carbonyl (C=O) groups is 2. The molecule has 4 heteroatoms. The van der Waals surface area contributed by atoms with E-state index >= 15 is 0 Å². The zero-order valence-electron chi connectivity index (χ0n) is 8.03. The Labute approximate surface area is 85.8 Å². The molecule has 0 aromatic heterocycles. The van der Waals surface area contributed by atoms with Crippen molar-refractivity contribution in [2.45, 2.75) is 6.92 Å². The molecule has 0 radical (unpaired) electrons. The van der Waals surface area contributed by atoms with Gasteiger partial charge in [-0.15, -0.1) is 0 Å². The third kappa shape index (κ3) is 2.49. The second-order valence-electron chi connectivity index (χ2n) is 2.98. The lowest BCUT2D eigenvalue weighted by Gasteiger charge is -2.04. The van der Waals surface area contributed by atoms with Crippen LogP contribution in [-0.2, 0) is 4.79 Å². The van der Waals surface area contributed by atoms with E-state index in [0.29, 0.717) is 17.4 Å². The van der Waals surface area contributed by atoms with E-state index in [1.54, 1.807) is 6.92 Å². The number of hydrogen-bond acceptors (Lipinski definition) is 2. The summed E-state index contributed by atoms with van der Waals surface area (Å²) in [5.74, 6) is -1.80. The van der Waals surface area contributed by atoms with Gasteiger partial charge in [-0.05, 0) is 30.2 Å². The first kappa shape index (κ1) is 11.1. The lowest BCUT2D eigenvalue weighted by atomic mass is 10.0. The predicted octanol–water partition coefficient (Wildman–Crippen LogP) is 2.04. The van der Waals surface area contributed by atoms with Crippen LogP contribution in [-0.4, -0.2) is 17.4 Å². The topological polar surface area (TPSA) is 54.4 Å². The van der Waals surface area contributed by atoms with E-state index in [-0.39, 0.29) is 5.56 Å². The normalized spacial score (nSPS) is 10.5. The van der Waals surface area contributed by atoms with E-state index < -0.39 is 11.8 Å². The number of carbonyl (C=O) groups excluding carboxylic acids is 1. The van der Waals surface area contributed by atoms with Gasteiger partial charge in [-0.25, -0.2) is 9.18 Å². The average molecular weight is 208 g/mol. The number of halogens is 1. The predicted molar refractivity (Wildman–Crippen MR) is 53.2 cm³/mol. The summed E-state index contributed by atoms with van der Waals surface area (Å²) in [6.45, 7) is 1.67. The van der Waals surface area contributed by atoms with Crippen molar-refractivity contribution < 1.29 is 19.1 Å². The van der Waals surface area contributed by atoms with Crippen LogP contribution in [0.5, 0.6) is 0 Å². The molecule has 1 aromatic rings. The van der Waals surface area contributed by atoms with Crippen molar-refractivity contribution in [3.8, 4) is 0 Å². The minimum Gasteiger partial charge on any atom is -0.478 e. The molecule has 0 aliphatic carbocycles. The molecule has 1 N–H and O–H groups in total. The molecule has 0 amide bonds. The highest BCUT2D eigenvalue weighted by Gasteiger charge is 2.08. The number of hydrogen-bond donors (Lipinski definition) is 1. The van der Waals surface area contributed by atoms with Gasteiger partial charge in [0, 0.05) is 6.08 Å². The van der Waals surface area contributed by atoms with Gasteiger partial charge in [0.15, 0.2) is 6.29 Å². The monoisotopic (exact) mass is 208 g/mol. The Morgan fingerprint density at radius 2 is 2.07 bits per heavy atom. The van der Waals surface area contributed by atoms with E-state index in [1.165, 1.54) is 18.2 Å². The van der Waals surface area contributed by atoms with Crippen LogP contribution in [0.15, 0.2) is 18.2 Å². The second kappa shape index (κ2) is 4.50. The highest BCUT2D eigenvalue weighted by Crippen LogP contribution is 2.17. The van der Waals surface area contributed by atoms with Crippen LogP contribution in [0.2, 0.25) is 0 Å². The summed E-state index contributed by atoms with van der Waals surface area (Å²) < 4.78 is 13.1. The third-order valence-corrected chi connectivity index (χ3v) is 1.96. The van der Waals surface area contributed by atoms with Gasteiger partial charge < -0.3 is 5.11 Å². The van der Waals surface area contributed by atoms with Gasteiger partial charge in [-0.3, -0.25) is 4.79 Å². The van der Waals surface area contributed by atoms with Gasteiger partial charge in [0.1, 0.15) is 5.82 Å². The number of aryl methyl sites for hydroxylation is 1. The van der Waals surface area contributed by atoms with Crippen molar-refractivity contribution >= 4 is 18.3 Å². The average Bonchev–Trinajstić information content (AvgIpc) is 2.19. The first-order valence-corrected chi connectivity index (χ1v) is 4.21. The molecule has 0 aliphatic rings. The van der Waals surface area contributed by atoms with Crippen molar-refractivity contribution in [1.29, 1.82) is 0 Å². The molecule has 0 fully saturated rings. The zero-order valence-corrected chi connectivity index (χ0v) is 8.03. The molecule has 0 saturated carbocycles. The van der Waals surface area contributed by atoms with Crippen LogP contribution in [0.25, 0.3) is 6.08 Å². The molecule has 3 nitrogen and oxygen atoms in total. The first-order chi connectivity index (χ1) is 7.06. The van der Waals surface area contributed by atoms with Crippen LogP contribution in [0.3, 0.4) is 0 Å². The van der Waals surface area contributed by atoms with Crippen molar-refractivity contribution in [2.24, 2.45) is 0 Å². The number of aliphatic carboxylic acids is 1. The molecule has 0 atom stereocenters. The smallest absolute Gasteiger partial charge is 0.328 e. The van der Waals surface area contributed by atoms with E-state index in [0.717, 1.165) is 6.08 Å². The Hall–Kier alpha value is -1.97. The van der Waals surface area contributed by atoms with Crippen molar-refractivity contribution in [1.82, 2.24) is 0 Å². The van der Waals surface area contributed by atoms with Crippen LogP contribution >= 0.6 is 0 Å². The maximum atomic E-state index is 13.1. The quantitative estimate of drug-likeness (QED) is 0.610. The van der Waals surface area contributed by atoms with Crippen molar-refractivity contribution in [2.75, 3.05) is 0 Å². The largest absolute Gasteiger partial charge is 0.478 e. The summed E-state index contributed by atoms with van der Waals surface area (Å²) in [6, 6.07) is 2.67. The molecule has 0 aliphatic heterocycles. The number of carboxylic acids is 1. The van der Waals surface area contributed by atoms with Crippen LogP contribution in [0.4, 0.5) is 4.39 Å².